The lowest BCUT2D eigenvalue weighted by atomic mass is 10.1. The fraction of sp³-hybridized carbons (Fsp3) is 0.333. The summed E-state index contributed by atoms with van der Waals surface area (Å²) in [6, 6.07) is 2.79. The van der Waals surface area contributed by atoms with E-state index >= 15 is 0 Å². The largest absolute Gasteiger partial charge is 0.419 e. The van der Waals surface area contributed by atoms with Crippen molar-refractivity contribution >= 4 is 23.3 Å². The van der Waals surface area contributed by atoms with E-state index in [9.17, 15) is 19.7 Å². The molecule has 1 fully saturated rings. The molecular formula is C15H16N2O6. The first-order valence-electron chi connectivity index (χ1n) is 6.80. The van der Waals surface area contributed by atoms with E-state index in [2.05, 4.69) is 5.32 Å². The highest BCUT2D eigenvalue weighted by atomic mass is 16.7. The summed E-state index contributed by atoms with van der Waals surface area (Å²) in [4.78, 5) is 34.0. The number of nitro groups is 1. The van der Waals surface area contributed by atoms with E-state index in [1.54, 1.807) is 13.8 Å². The van der Waals surface area contributed by atoms with Gasteiger partial charge in [-0.2, -0.15) is 0 Å². The van der Waals surface area contributed by atoms with Crippen molar-refractivity contribution in [2.45, 2.75) is 33.5 Å². The molecule has 1 aromatic carbocycles. The van der Waals surface area contributed by atoms with Gasteiger partial charge in [0.1, 0.15) is 0 Å². The summed E-state index contributed by atoms with van der Waals surface area (Å²) in [7, 11) is 0. The SMILES string of the molecule is Cc1cc([N+](=O)[O-])cc(C)c1NC=C1C(=O)OC(C)(C)OC1=O. The summed E-state index contributed by atoms with van der Waals surface area (Å²) in [5.41, 5.74) is 1.46. The summed E-state index contributed by atoms with van der Waals surface area (Å²) in [6.45, 7) is 6.28. The van der Waals surface area contributed by atoms with Crippen LogP contribution in [0.25, 0.3) is 0 Å². The summed E-state index contributed by atoms with van der Waals surface area (Å²) < 4.78 is 9.95. The summed E-state index contributed by atoms with van der Waals surface area (Å²) in [5.74, 6) is -2.89. The van der Waals surface area contributed by atoms with Gasteiger partial charge >= 0.3 is 11.9 Å². The van der Waals surface area contributed by atoms with E-state index in [1.165, 1.54) is 32.2 Å². The molecule has 2 rings (SSSR count). The predicted octanol–water partition coefficient (Wildman–Crippen LogP) is 2.34. The third-order valence-electron chi connectivity index (χ3n) is 3.21. The molecule has 8 heteroatoms. The lowest BCUT2D eigenvalue weighted by Gasteiger charge is -2.29. The number of carbonyl (C=O) groups excluding carboxylic acids is 2. The fourth-order valence-electron chi connectivity index (χ4n) is 2.20. The maximum Gasteiger partial charge on any atom is 0.350 e. The number of hydrogen-bond donors (Lipinski definition) is 1. The van der Waals surface area contributed by atoms with Crippen molar-refractivity contribution in [1.82, 2.24) is 0 Å². The van der Waals surface area contributed by atoms with Crippen LogP contribution in [0.1, 0.15) is 25.0 Å². The third-order valence-corrected chi connectivity index (χ3v) is 3.21. The molecule has 1 aromatic rings. The first-order chi connectivity index (χ1) is 10.6. The first-order valence-corrected chi connectivity index (χ1v) is 6.80. The molecule has 0 radical (unpaired) electrons. The van der Waals surface area contributed by atoms with Crippen LogP contribution in [-0.4, -0.2) is 22.6 Å². The molecule has 122 valence electrons. The highest BCUT2D eigenvalue weighted by Crippen LogP contribution is 2.27. The summed E-state index contributed by atoms with van der Waals surface area (Å²) >= 11 is 0. The molecule has 1 saturated heterocycles. The molecule has 0 saturated carbocycles. The molecule has 0 spiro atoms. The number of non-ortho nitro benzene ring substituents is 1. The van der Waals surface area contributed by atoms with Gasteiger partial charge in [-0.25, -0.2) is 9.59 Å². The van der Waals surface area contributed by atoms with E-state index in [4.69, 9.17) is 9.47 Å². The molecule has 0 amide bonds. The molecule has 0 atom stereocenters. The van der Waals surface area contributed by atoms with Crippen molar-refractivity contribution in [3.63, 3.8) is 0 Å². The van der Waals surface area contributed by atoms with Gasteiger partial charge in [-0.05, 0) is 25.0 Å². The van der Waals surface area contributed by atoms with Gasteiger partial charge < -0.3 is 14.8 Å². The molecule has 1 heterocycles. The van der Waals surface area contributed by atoms with Crippen molar-refractivity contribution in [3.8, 4) is 0 Å². The van der Waals surface area contributed by atoms with Gasteiger partial charge in [-0.3, -0.25) is 10.1 Å². The molecular weight excluding hydrogens is 304 g/mol. The van der Waals surface area contributed by atoms with Crippen LogP contribution >= 0.6 is 0 Å². The Labute approximate surface area is 132 Å². The Morgan fingerprint density at radius 1 is 1.13 bits per heavy atom. The van der Waals surface area contributed by atoms with Gasteiger partial charge in [-0.15, -0.1) is 0 Å². The maximum absolute atomic E-state index is 11.8. The first kappa shape index (κ1) is 16.5. The van der Waals surface area contributed by atoms with Crippen LogP contribution in [0.2, 0.25) is 0 Å². The minimum absolute atomic E-state index is 0.0311. The number of cyclic esters (lactones) is 2. The van der Waals surface area contributed by atoms with Crippen LogP contribution in [0.15, 0.2) is 23.9 Å². The second-order valence-electron chi connectivity index (χ2n) is 5.59. The third kappa shape index (κ3) is 3.47. The number of benzene rings is 1. The topological polar surface area (TPSA) is 108 Å². The zero-order valence-corrected chi connectivity index (χ0v) is 13.1. The highest BCUT2D eigenvalue weighted by molar-refractivity contribution is 6.15. The normalized spacial score (nSPS) is 16.4. The van der Waals surface area contributed by atoms with Crippen LogP contribution < -0.4 is 5.32 Å². The van der Waals surface area contributed by atoms with Crippen LogP contribution in [0, 0.1) is 24.0 Å². The minimum Gasteiger partial charge on any atom is -0.419 e. The number of nitrogens with zero attached hydrogens (tertiary/aromatic N) is 1. The van der Waals surface area contributed by atoms with Gasteiger partial charge in [0.15, 0.2) is 5.57 Å². The van der Waals surface area contributed by atoms with Gasteiger partial charge in [-0.1, -0.05) is 0 Å². The Hall–Kier alpha value is -2.90. The summed E-state index contributed by atoms with van der Waals surface area (Å²) in [5, 5.41) is 13.6. The van der Waals surface area contributed by atoms with Gasteiger partial charge in [0, 0.05) is 37.9 Å². The fourth-order valence-corrected chi connectivity index (χ4v) is 2.20. The number of rotatable bonds is 3. The number of ether oxygens (including phenoxy) is 2. The molecule has 1 aliphatic heterocycles. The Kier molecular flexibility index (Phi) is 4.09. The van der Waals surface area contributed by atoms with Crippen LogP contribution in [0.3, 0.4) is 0 Å². The lowest BCUT2D eigenvalue weighted by molar-refractivity contribution is -0.384. The number of carbonyl (C=O) groups is 2. The number of nitrogens with one attached hydrogen (secondary N) is 1. The van der Waals surface area contributed by atoms with Crippen LogP contribution in [0.5, 0.6) is 0 Å². The molecule has 0 unspecified atom stereocenters. The summed E-state index contributed by atoms with van der Waals surface area (Å²) in [6.07, 6.45) is 1.18. The van der Waals surface area contributed by atoms with Crippen molar-refractivity contribution in [2.75, 3.05) is 5.32 Å². The van der Waals surface area contributed by atoms with Crippen molar-refractivity contribution < 1.29 is 24.0 Å². The zero-order chi connectivity index (χ0) is 17.4. The average Bonchev–Trinajstić information content (AvgIpc) is 2.38. The van der Waals surface area contributed by atoms with E-state index in [0.717, 1.165) is 0 Å². The molecule has 0 bridgehead atoms. The highest BCUT2D eigenvalue weighted by Gasteiger charge is 2.39. The molecule has 8 nitrogen and oxygen atoms in total. The van der Waals surface area contributed by atoms with Crippen molar-refractivity contribution in [1.29, 1.82) is 0 Å². The van der Waals surface area contributed by atoms with Gasteiger partial charge in [0.25, 0.3) is 11.5 Å². The minimum atomic E-state index is -1.30. The number of aryl methyl sites for hydroxylation is 2. The zero-order valence-electron chi connectivity index (χ0n) is 13.1. The van der Waals surface area contributed by atoms with Crippen molar-refractivity contribution in [2.24, 2.45) is 0 Å². The molecule has 0 aliphatic carbocycles. The molecule has 23 heavy (non-hydrogen) atoms. The van der Waals surface area contributed by atoms with E-state index < -0.39 is 22.6 Å². The Bertz CT molecular complexity index is 690. The molecule has 0 aromatic heterocycles. The number of esters is 2. The standard InChI is InChI=1S/C15H16N2O6/c1-8-5-10(17(20)21)6-9(2)12(8)16-7-11-13(18)22-15(3,4)23-14(11)19/h5-7,16H,1-4H3. The maximum atomic E-state index is 11.8. The second kappa shape index (κ2) is 5.71. The van der Waals surface area contributed by atoms with Crippen LogP contribution in [-0.2, 0) is 19.1 Å². The van der Waals surface area contributed by atoms with E-state index in [-0.39, 0.29) is 11.3 Å². The monoisotopic (exact) mass is 320 g/mol. The van der Waals surface area contributed by atoms with Crippen LogP contribution in [0.4, 0.5) is 11.4 Å². The smallest absolute Gasteiger partial charge is 0.350 e. The predicted molar refractivity (Wildman–Crippen MR) is 80.5 cm³/mol. The van der Waals surface area contributed by atoms with Crippen molar-refractivity contribution in [3.05, 3.63) is 45.1 Å². The number of hydrogen-bond acceptors (Lipinski definition) is 7. The van der Waals surface area contributed by atoms with E-state index in [1.807, 2.05) is 0 Å². The molecule has 1 aliphatic rings. The Balaban J connectivity index is 2.28. The second-order valence-corrected chi connectivity index (χ2v) is 5.59. The number of nitro benzene ring substituents is 1. The Morgan fingerprint density at radius 3 is 2.04 bits per heavy atom. The Morgan fingerprint density at radius 2 is 1.61 bits per heavy atom. The average molecular weight is 320 g/mol. The van der Waals surface area contributed by atoms with Gasteiger partial charge in [0.05, 0.1) is 4.92 Å². The number of anilines is 1. The lowest BCUT2D eigenvalue weighted by Crippen LogP contribution is -2.42. The van der Waals surface area contributed by atoms with Gasteiger partial charge in [0.2, 0.25) is 0 Å². The van der Waals surface area contributed by atoms with E-state index in [0.29, 0.717) is 16.8 Å². The molecule has 1 N–H and O–H groups in total. The quantitative estimate of drug-likeness (QED) is 0.299.